The highest BCUT2D eigenvalue weighted by molar-refractivity contribution is 5.15. The largest absolute Gasteiger partial charge is 0.388 e. The van der Waals surface area contributed by atoms with Crippen LogP contribution < -0.4 is 5.73 Å². The molecule has 0 radical (unpaired) electrons. The van der Waals surface area contributed by atoms with E-state index in [1.807, 2.05) is 0 Å². The molecule has 0 aromatic carbocycles. The van der Waals surface area contributed by atoms with Gasteiger partial charge in [0, 0.05) is 18.4 Å². The summed E-state index contributed by atoms with van der Waals surface area (Å²) in [5.74, 6) is -0.391. The summed E-state index contributed by atoms with van der Waals surface area (Å²) < 4.78 is 11.3. The van der Waals surface area contributed by atoms with E-state index in [1.54, 1.807) is 0 Å². The molecule has 1 spiro atoms. The van der Waals surface area contributed by atoms with Crippen molar-refractivity contribution >= 4 is 0 Å². The minimum absolute atomic E-state index is 0.312. The number of aliphatic hydroxyl groups is 1. The fourth-order valence-corrected chi connectivity index (χ4v) is 2.93. The first kappa shape index (κ1) is 10.0. The van der Waals surface area contributed by atoms with Gasteiger partial charge in [0.25, 0.3) is 0 Å². The first-order valence-corrected chi connectivity index (χ1v) is 5.87. The van der Waals surface area contributed by atoms with Gasteiger partial charge in [-0.2, -0.15) is 0 Å². The molecular weight excluding hydrogens is 194 g/mol. The third-order valence-corrected chi connectivity index (χ3v) is 4.37. The zero-order valence-corrected chi connectivity index (χ0v) is 9.00. The van der Waals surface area contributed by atoms with Crippen molar-refractivity contribution in [2.75, 3.05) is 13.2 Å². The summed E-state index contributed by atoms with van der Waals surface area (Å²) in [6.07, 6.45) is 4.90. The van der Waals surface area contributed by atoms with Crippen LogP contribution in [0.2, 0.25) is 0 Å². The van der Waals surface area contributed by atoms with Crippen LogP contribution in [0.25, 0.3) is 0 Å². The Bertz CT molecular complexity index is 259. The van der Waals surface area contributed by atoms with Crippen LogP contribution >= 0.6 is 0 Å². The van der Waals surface area contributed by atoms with Gasteiger partial charge in [0.15, 0.2) is 5.79 Å². The molecule has 0 aromatic heterocycles. The van der Waals surface area contributed by atoms with E-state index >= 15 is 0 Å². The molecule has 3 rings (SSSR count). The highest BCUT2D eigenvalue weighted by atomic mass is 16.7. The monoisotopic (exact) mass is 213 g/mol. The lowest BCUT2D eigenvalue weighted by Gasteiger charge is -2.43. The average molecular weight is 213 g/mol. The quantitative estimate of drug-likeness (QED) is 0.666. The predicted octanol–water partition coefficient (Wildman–Crippen LogP) is 0.526. The van der Waals surface area contributed by atoms with E-state index in [0.29, 0.717) is 26.1 Å². The Morgan fingerprint density at radius 3 is 1.87 bits per heavy atom. The maximum absolute atomic E-state index is 10.5. The van der Waals surface area contributed by atoms with Crippen molar-refractivity contribution in [3.05, 3.63) is 0 Å². The van der Waals surface area contributed by atoms with Gasteiger partial charge in [-0.15, -0.1) is 0 Å². The van der Waals surface area contributed by atoms with Gasteiger partial charge in [-0.05, 0) is 25.7 Å². The summed E-state index contributed by atoms with van der Waals surface area (Å²) in [6.45, 7) is 1.37. The van der Waals surface area contributed by atoms with Crippen LogP contribution in [-0.2, 0) is 9.47 Å². The minimum Gasteiger partial charge on any atom is -0.388 e. The van der Waals surface area contributed by atoms with Gasteiger partial charge in [0.05, 0.1) is 18.8 Å². The Labute approximate surface area is 89.7 Å². The molecule has 3 aliphatic rings. The topological polar surface area (TPSA) is 64.7 Å². The third-order valence-electron chi connectivity index (χ3n) is 4.37. The van der Waals surface area contributed by atoms with Crippen molar-refractivity contribution in [1.29, 1.82) is 0 Å². The van der Waals surface area contributed by atoms with Gasteiger partial charge in [-0.25, -0.2) is 0 Å². The Balaban J connectivity index is 1.69. The molecule has 4 heteroatoms. The Kier molecular flexibility index (Phi) is 1.97. The zero-order chi connectivity index (χ0) is 10.6. The van der Waals surface area contributed by atoms with Crippen LogP contribution in [0.3, 0.4) is 0 Å². The Morgan fingerprint density at radius 2 is 1.40 bits per heavy atom. The van der Waals surface area contributed by atoms with Gasteiger partial charge in [-0.3, -0.25) is 0 Å². The predicted molar refractivity (Wildman–Crippen MR) is 54.2 cm³/mol. The normalized spacial score (nSPS) is 35.6. The maximum atomic E-state index is 10.5. The van der Waals surface area contributed by atoms with Crippen molar-refractivity contribution in [3.8, 4) is 0 Å². The zero-order valence-electron chi connectivity index (χ0n) is 9.00. The summed E-state index contributed by atoms with van der Waals surface area (Å²) in [5.41, 5.74) is 5.13. The molecule has 3 fully saturated rings. The molecular formula is C11H19NO3. The molecule has 0 amide bonds. The van der Waals surface area contributed by atoms with Crippen LogP contribution in [-0.4, -0.2) is 35.2 Å². The van der Waals surface area contributed by atoms with E-state index in [0.717, 1.165) is 25.7 Å². The van der Waals surface area contributed by atoms with Gasteiger partial charge in [-0.1, -0.05) is 0 Å². The molecule has 2 saturated carbocycles. The van der Waals surface area contributed by atoms with Crippen LogP contribution in [0.15, 0.2) is 0 Å². The van der Waals surface area contributed by atoms with E-state index in [9.17, 15) is 5.11 Å². The van der Waals surface area contributed by atoms with Crippen LogP contribution in [0.5, 0.6) is 0 Å². The molecule has 1 aliphatic heterocycles. The van der Waals surface area contributed by atoms with Crippen LogP contribution in [0.4, 0.5) is 0 Å². The summed E-state index contributed by atoms with van der Waals surface area (Å²) in [7, 11) is 0. The highest BCUT2D eigenvalue weighted by Gasteiger charge is 2.59. The first-order valence-electron chi connectivity index (χ1n) is 5.87. The van der Waals surface area contributed by atoms with E-state index in [2.05, 4.69) is 0 Å². The summed E-state index contributed by atoms with van der Waals surface area (Å²) in [4.78, 5) is 0. The van der Waals surface area contributed by atoms with E-state index in [-0.39, 0.29) is 5.54 Å². The van der Waals surface area contributed by atoms with Crippen molar-refractivity contribution in [2.24, 2.45) is 5.73 Å². The SMILES string of the molecule is NC1(C2(O)CCC3(CC2)OCCO3)CC1. The summed E-state index contributed by atoms with van der Waals surface area (Å²) in [6, 6.07) is 0. The molecule has 15 heavy (non-hydrogen) atoms. The van der Waals surface area contributed by atoms with Gasteiger partial charge in [0.2, 0.25) is 0 Å². The number of hydrogen-bond acceptors (Lipinski definition) is 4. The second-order valence-electron chi connectivity index (χ2n) is 5.30. The molecule has 1 saturated heterocycles. The molecule has 2 aliphatic carbocycles. The average Bonchev–Trinajstić information content (AvgIpc) is 2.83. The third kappa shape index (κ3) is 1.43. The molecule has 0 atom stereocenters. The smallest absolute Gasteiger partial charge is 0.168 e. The minimum atomic E-state index is -0.673. The lowest BCUT2D eigenvalue weighted by atomic mass is 9.75. The lowest BCUT2D eigenvalue weighted by Crippen LogP contribution is -2.55. The van der Waals surface area contributed by atoms with Gasteiger partial charge in [0.1, 0.15) is 0 Å². The number of nitrogens with two attached hydrogens (primary N) is 1. The molecule has 86 valence electrons. The van der Waals surface area contributed by atoms with Crippen LogP contribution in [0, 0.1) is 0 Å². The van der Waals surface area contributed by atoms with Crippen molar-refractivity contribution < 1.29 is 14.6 Å². The van der Waals surface area contributed by atoms with E-state index < -0.39 is 11.4 Å². The maximum Gasteiger partial charge on any atom is 0.168 e. The summed E-state index contributed by atoms with van der Waals surface area (Å²) in [5, 5.41) is 10.5. The number of hydrogen-bond donors (Lipinski definition) is 2. The molecule has 0 bridgehead atoms. The van der Waals surface area contributed by atoms with E-state index in [1.165, 1.54) is 0 Å². The summed E-state index contributed by atoms with van der Waals surface area (Å²) >= 11 is 0. The fourth-order valence-electron chi connectivity index (χ4n) is 2.93. The number of rotatable bonds is 1. The van der Waals surface area contributed by atoms with Crippen molar-refractivity contribution in [2.45, 2.75) is 55.5 Å². The molecule has 0 aromatic rings. The van der Waals surface area contributed by atoms with Crippen molar-refractivity contribution in [3.63, 3.8) is 0 Å². The molecule has 1 heterocycles. The number of ether oxygens (including phenoxy) is 2. The Hall–Kier alpha value is -0.160. The van der Waals surface area contributed by atoms with Gasteiger partial charge < -0.3 is 20.3 Å². The van der Waals surface area contributed by atoms with Gasteiger partial charge >= 0.3 is 0 Å². The van der Waals surface area contributed by atoms with Crippen molar-refractivity contribution in [1.82, 2.24) is 0 Å². The van der Waals surface area contributed by atoms with Crippen LogP contribution in [0.1, 0.15) is 38.5 Å². The Morgan fingerprint density at radius 1 is 0.867 bits per heavy atom. The highest BCUT2D eigenvalue weighted by Crippen LogP contribution is 2.52. The lowest BCUT2D eigenvalue weighted by molar-refractivity contribution is -0.206. The molecule has 3 N–H and O–H groups in total. The first-order chi connectivity index (χ1) is 7.08. The fraction of sp³-hybridized carbons (Fsp3) is 1.00. The second-order valence-corrected chi connectivity index (χ2v) is 5.30. The molecule has 4 nitrogen and oxygen atoms in total. The van der Waals surface area contributed by atoms with E-state index in [4.69, 9.17) is 15.2 Å². The second kappa shape index (κ2) is 2.94. The standard InChI is InChI=1S/C11H19NO3/c12-9(1-2-9)10(13)3-5-11(6-4-10)14-7-8-15-11/h13H,1-8,12H2. The molecule has 0 unspecified atom stereocenters.